The van der Waals surface area contributed by atoms with Crippen molar-refractivity contribution in [3.05, 3.63) is 30.1 Å². The second-order valence-electron chi connectivity index (χ2n) is 5.09. The Kier molecular flexibility index (Phi) is 3.33. The fourth-order valence-corrected chi connectivity index (χ4v) is 2.35. The fraction of sp³-hybridized carbons (Fsp3) is 0.462. The predicted molar refractivity (Wildman–Crippen MR) is 72.4 cm³/mol. The lowest BCUT2D eigenvalue weighted by Crippen LogP contribution is -2.14. The van der Waals surface area contributed by atoms with Crippen LogP contribution in [-0.4, -0.2) is 4.98 Å². The molecule has 0 spiro atoms. The van der Waals surface area contributed by atoms with Gasteiger partial charge in [-0.05, 0) is 42.4 Å². The van der Waals surface area contributed by atoms with E-state index in [-0.39, 0.29) is 0 Å². The summed E-state index contributed by atoms with van der Waals surface area (Å²) in [6.45, 7) is 4.64. The molecule has 16 heavy (non-hydrogen) atoms. The Labute approximate surface area is 106 Å². The summed E-state index contributed by atoms with van der Waals surface area (Å²) in [5.74, 6) is 0. The third-order valence-electron chi connectivity index (χ3n) is 3.19. The smallest absolute Gasteiger partial charge is 0.0897 e. The Morgan fingerprint density at radius 3 is 2.88 bits per heavy atom. The van der Waals surface area contributed by atoms with E-state index < -0.39 is 0 Å². The van der Waals surface area contributed by atoms with Crippen molar-refractivity contribution in [3.63, 3.8) is 0 Å². The van der Waals surface area contributed by atoms with Gasteiger partial charge in [-0.25, -0.2) is 0 Å². The van der Waals surface area contributed by atoms with Crippen LogP contribution in [-0.2, 0) is 0 Å². The van der Waals surface area contributed by atoms with Gasteiger partial charge in [0.1, 0.15) is 0 Å². The lowest BCUT2D eigenvalue weighted by Gasteiger charge is -2.28. The van der Waals surface area contributed by atoms with Crippen LogP contribution in [0.2, 0.25) is 0 Å². The minimum atomic E-state index is 0.445. The zero-order valence-electron chi connectivity index (χ0n) is 9.76. The van der Waals surface area contributed by atoms with E-state index in [1.165, 1.54) is 12.0 Å². The first-order valence-electron chi connectivity index (χ1n) is 5.63. The Hall–Kier alpha value is -0.830. The molecule has 0 bridgehead atoms. The molecule has 1 aromatic heterocycles. The molecule has 0 amide bonds. The first-order chi connectivity index (χ1) is 7.62. The molecule has 0 unspecified atom stereocenters. The third kappa shape index (κ3) is 2.46. The van der Waals surface area contributed by atoms with Crippen LogP contribution < -0.4 is 4.34 Å². The van der Waals surface area contributed by atoms with E-state index >= 15 is 0 Å². The average molecular weight is 281 g/mol. The van der Waals surface area contributed by atoms with E-state index in [1.807, 2.05) is 18.3 Å². The zero-order valence-corrected chi connectivity index (χ0v) is 11.3. The van der Waals surface area contributed by atoms with Crippen molar-refractivity contribution in [1.82, 2.24) is 4.98 Å². The molecule has 1 aliphatic carbocycles. The molecule has 2 nitrogen and oxygen atoms in total. The van der Waals surface area contributed by atoms with E-state index in [9.17, 15) is 0 Å². The van der Waals surface area contributed by atoms with Crippen LogP contribution in [0.15, 0.2) is 24.4 Å². The summed E-state index contributed by atoms with van der Waals surface area (Å²) < 4.78 is 3.02. The summed E-state index contributed by atoms with van der Waals surface area (Å²) in [6.07, 6.45) is 7.67. The minimum absolute atomic E-state index is 0.445. The number of pyridine rings is 1. The topological polar surface area (TPSA) is 24.9 Å². The first-order valence-corrected chi connectivity index (χ1v) is 6.43. The lowest BCUT2D eigenvalue weighted by atomic mass is 9.77. The lowest BCUT2D eigenvalue weighted by molar-refractivity contribution is 0.335. The second kappa shape index (κ2) is 4.58. The van der Waals surface area contributed by atoms with Crippen molar-refractivity contribution < 1.29 is 0 Å². The highest BCUT2D eigenvalue weighted by atomic mass is 79.9. The summed E-state index contributed by atoms with van der Waals surface area (Å²) in [5.41, 5.74) is 3.94. The van der Waals surface area contributed by atoms with Gasteiger partial charge in [-0.2, -0.15) is 0 Å². The van der Waals surface area contributed by atoms with E-state index in [1.54, 1.807) is 0 Å². The second-order valence-corrected chi connectivity index (χ2v) is 5.49. The molecule has 0 saturated carbocycles. The van der Waals surface area contributed by atoms with Crippen LogP contribution >= 0.6 is 16.1 Å². The Bertz CT molecular complexity index is 410. The number of nitrogens with one attached hydrogen (secondary N) is 1. The zero-order chi connectivity index (χ0) is 11.6. The molecule has 1 heterocycles. The van der Waals surface area contributed by atoms with Gasteiger partial charge in [-0.15, -0.1) is 0 Å². The average Bonchev–Trinajstić information content (AvgIpc) is 2.29. The molecule has 2 rings (SSSR count). The van der Waals surface area contributed by atoms with Crippen LogP contribution in [0.4, 0.5) is 5.69 Å². The number of aromatic nitrogens is 1. The summed E-state index contributed by atoms with van der Waals surface area (Å²) >= 11 is 3.28. The monoisotopic (exact) mass is 280 g/mol. The number of rotatable bonds is 2. The van der Waals surface area contributed by atoms with Crippen molar-refractivity contribution >= 4 is 27.4 Å². The highest BCUT2D eigenvalue weighted by molar-refractivity contribution is 9.10. The molecule has 86 valence electrons. The largest absolute Gasteiger partial charge is 0.320 e. The summed E-state index contributed by atoms with van der Waals surface area (Å²) in [5, 5.41) is 0. The van der Waals surface area contributed by atoms with Crippen molar-refractivity contribution in [2.45, 2.75) is 33.1 Å². The molecular formula is C13H17BrN2. The maximum absolute atomic E-state index is 4.46. The molecule has 0 atom stereocenters. The van der Waals surface area contributed by atoms with E-state index in [2.05, 4.69) is 45.4 Å². The molecule has 0 aliphatic heterocycles. The van der Waals surface area contributed by atoms with Gasteiger partial charge in [0, 0.05) is 22.3 Å². The van der Waals surface area contributed by atoms with E-state index in [0.717, 1.165) is 24.2 Å². The van der Waals surface area contributed by atoms with Gasteiger partial charge >= 0.3 is 0 Å². The van der Waals surface area contributed by atoms with Crippen molar-refractivity contribution in [2.24, 2.45) is 5.41 Å². The van der Waals surface area contributed by atoms with Gasteiger partial charge in [0.15, 0.2) is 0 Å². The molecule has 0 saturated heterocycles. The molecule has 0 radical (unpaired) electrons. The quantitative estimate of drug-likeness (QED) is 0.813. The molecule has 0 aromatic carbocycles. The fourth-order valence-electron chi connectivity index (χ4n) is 2.03. The molecular weight excluding hydrogens is 264 g/mol. The number of halogens is 1. The number of anilines is 1. The SMILES string of the molecule is CC1(C)CC=C(c2ncccc2NBr)CC1. The van der Waals surface area contributed by atoms with Gasteiger partial charge in [-0.3, -0.25) is 4.98 Å². The van der Waals surface area contributed by atoms with Gasteiger partial charge < -0.3 is 4.34 Å². The van der Waals surface area contributed by atoms with Crippen molar-refractivity contribution in [1.29, 1.82) is 0 Å². The number of hydrogen-bond acceptors (Lipinski definition) is 2. The van der Waals surface area contributed by atoms with E-state index in [4.69, 9.17) is 0 Å². The van der Waals surface area contributed by atoms with Crippen LogP contribution in [0.25, 0.3) is 5.57 Å². The van der Waals surface area contributed by atoms with Crippen LogP contribution in [0.5, 0.6) is 0 Å². The number of nitrogens with zero attached hydrogens (tertiary/aromatic N) is 1. The molecule has 1 aliphatic rings. The number of allylic oxidation sites excluding steroid dienone is 2. The molecule has 0 fully saturated rings. The van der Waals surface area contributed by atoms with E-state index in [0.29, 0.717) is 5.41 Å². The van der Waals surface area contributed by atoms with Crippen LogP contribution in [0.1, 0.15) is 38.8 Å². The van der Waals surface area contributed by atoms with Crippen molar-refractivity contribution in [2.75, 3.05) is 4.34 Å². The Morgan fingerprint density at radius 2 is 2.25 bits per heavy atom. The molecule has 1 aromatic rings. The van der Waals surface area contributed by atoms with Gasteiger partial charge in [0.25, 0.3) is 0 Å². The maximum atomic E-state index is 4.46. The predicted octanol–water partition coefficient (Wildman–Crippen LogP) is 4.40. The highest BCUT2D eigenvalue weighted by Crippen LogP contribution is 2.38. The summed E-state index contributed by atoms with van der Waals surface area (Å²) in [6, 6.07) is 3.98. The normalized spacial score (nSPS) is 19.1. The summed E-state index contributed by atoms with van der Waals surface area (Å²) in [4.78, 5) is 4.46. The summed E-state index contributed by atoms with van der Waals surface area (Å²) in [7, 11) is 0. The molecule has 3 heteroatoms. The van der Waals surface area contributed by atoms with Gasteiger partial charge in [0.2, 0.25) is 0 Å². The molecule has 1 N–H and O–H groups in total. The Morgan fingerprint density at radius 1 is 1.44 bits per heavy atom. The minimum Gasteiger partial charge on any atom is -0.320 e. The van der Waals surface area contributed by atoms with Crippen molar-refractivity contribution in [3.8, 4) is 0 Å². The maximum Gasteiger partial charge on any atom is 0.0897 e. The van der Waals surface area contributed by atoms with Gasteiger partial charge in [-0.1, -0.05) is 19.9 Å². The van der Waals surface area contributed by atoms with Gasteiger partial charge in [0.05, 0.1) is 11.4 Å². The standard InChI is InChI=1S/C13H17BrN2/c1-13(2)7-5-10(6-8-13)12-11(16-14)4-3-9-15-12/h3-5,9,16H,6-8H2,1-2H3. The first kappa shape index (κ1) is 11.6. The van der Waals surface area contributed by atoms with Crippen LogP contribution in [0.3, 0.4) is 0 Å². The Balaban J connectivity index is 2.29. The number of hydrogen-bond donors (Lipinski definition) is 1. The van der Waals surface area contributed by atoms with Crippen LogP contribution in [0, 0.1) is 5.41 Å². The third-order valence-corrected chi connectivity index (χ3v) is 3.61. The highest BCUT2D eigenvalue weighted by Gasteiger charge is 2.23.